The molecule has 0 radical (unpaired) electrons. The highest BCUT2D eigenvalue weighted by Gasteiger charge is 2.09. The number of nitrogens with zero attached hydrogens (tertiary/aromatic N) is 2. The molecule has 28 heavy (non-hydrogen) atoms. The molecule has 146 valence electrons. The van der Waals surface area contributed by atoms with Crippen molar-refractivity contribution in [3.63, 3.8) is 0 Å². The fraction of sp³-hybridized carbons (Fsp3) is 0.238. The Labute approximate surface area is 168 Å². The Bertz CT molecular complexity index is 897. The monoisotopic (exact) mass is 397 g/mol. The molecule has 0 saturated carbocycles. The van der Waals surface area contributed by atoms with Crippen LogP contribution < -0.4 is 14.9 Å². The Morgan fingerprint density at radius 2 is 1.96 bits per heavy atom. The van der Waals surface area contributed by atoms with E-state index in [1.54, 1.807) is 13.3 Å². The fourth-order valence-corrected chi connectivity index (χ4v) is 3.19. The van der Waals surface area contributed by atoms with Crippen LogP contribution in [0.5, 0.6) is 11.5 Å². The van der Waals surface area contributed by atoms with E-state index >= 15 is 0 Å². The van der Waals surface area contributed by atoms with Gasteiger partial charge < -0.3 is 14.2 Å². The van der Waals surface area contributed by atoms with Gasteiger partial charge in [-0.1, -0.05) is 36.4 Å². The first-order valence-electron chi connectivity index (χ1n) is 8.99. The van der Waals surface area contributed by atoms with Crippen LogP contribution in [0.3, 0.4) is 0 Å². The summed E-state index contributed by atoms with van der Waals surface area (Å²) in [4.78, 5) is 4.56. The minimum Gasteiger partial charge on any atom is -0.493 e. The van der Waals surface area contributed by atoms with E-state index < -0.39 is 0 Å². The lowest BCUT2D eigenvalue weighted by Gasteiger charge is -2.13. The quantitative estimate of drug-likeness (QED) is 0.306. The lowest BCUT2D eigenvalue weighted by Crippen LogP contribution is -2.08. The highest BCUT2D eigenvalue weighted by molar-refractivity contribution is 7.14. The molecule has 0 aliphatic heterocycles. The Morgan fingerprint density at radius 1 is 1.11 bits per heavy atom. The van der Waals surface area contributed by atoms with Gasteiger partial charge in [-0.3, -0.25) is 5.43 Å². The van der Waals surface area contributed by atoms with Crippen LogP contribution in [0.4, 0.5) is 5.13 Å². The van der Waals surface area contributed by atoms with Gasteiger partial charge in [-0.2, -0.15) is 5.10 Å². The molecule has 0 aliphatic rings. The molecule has 3 rings (SSSR count). The van der Waals surface area contributed by atoms with Crippen molar-refractivity contribution in [2.45, 2.75) is 6.92 Å². The highest BCUT2D eigenvalue weighted by Crippen LogP contribution is 2.30. The van der Waals surface area contributed by atoms with Crippen LogP contribution in [0, 0.1) is 0 Å². The highest BCUT2D eigenvalue weighted by atomic mass is 32.1. The van der Waals surface area contributed by atoms with Crippen molar-refractivity contribution < 1.29 is 14.2 Å². The number of thiazole rings is 1. The van der Waals surface area contributed by atoms with Gasteiger partial charge in [-0.15, -0.1) is 11.3 Å². The minimum absolute atomic E-state index is 0.440. The van der Waals surface area contributed by atoms with Crippen molar-refractivity contribution in [1.82, 2.24) is 4.98 Å². The first-order valence-corrected chi connectivity index (χ1v) is 9.87. The normalized spacial score (nSPS) is 10.9. The van der Waals surface area contributed by atoms with Crippen LogP contribution in [-0.4, -0.2) is 38.1 Å². The van der Waals surface area contributed by atoms with E-state index in [-0.39, 0.29) is 0 Å². The summed E-state index contributed by atoms with van der Waals surface area (Å²) in [6.45, 7) is 3.57. The van der Waals surface area contributed by atoms with Gasteiger partial charge in [0.05, 0.1) is 25.6 Å². The number of methoxy groups -OCH3 is 1. The first kappa shape index (κ1) is 19.9. The summed E-state index contributed by atoms with van der Waals surface area (Å²) in [5.41, 5.74) is 5.79. The van der Waals surface area contributed by atoms with Gasteiger partial charge >= 0.3 is 0 Å². The number of para-hydroxylation sites is 1. The van der Waals surface area contributed by atoms with Gasteiger partial charge in [0.1, 0.15) is 6.61 Å². The molecule has 0 spiro atoms. The van der Waals surface area contributed by atoms with Gasteiger partial charge in [0.25, 0.3) is 0 Å². The summed E-state index contributed by atoms with van der Waals surface area (Å²) in [5, 5.41) is 7.03. The summed E-state index contributed by atoms with van der Waals surface area (Å²) < 4.78 is 16.6. The predicted octanol–water partition coefficient (Wildman–Crippen LogP) is 4.68. The third-order valence-corrected chi connectivity index (χ3v) is 4.59. The van der Waals surface area contributed by atoms with E-state index in [1.807, 2.05) is 60.8 Å². The molecule has 0 bridgehead atoms. The SMILES string of the molecule is CCOCCOc1c(C=NNc2nc(-c3ccccc3)cs2)cccc1OC. The maximum Gasteiger partial charge on any atom is 0.203 e. The molecule has 1 aromatic heterocycles. The number of hydrazone groups is 1. The Kier molecular flexibility index (Phi) is 7.40. The van der Waals surface area contributed by atoms with Gasteiger partial charge in [-0.05, 0) is 19.1 Å². The van der Waals surface area contributed by atoms with Gasteiger partial charge in [-0.25, -0.2) is 4.98 Å². The van der Waals surface area contributed by atoms with Gasteiger partial charge in [0, 0.05) is 23.1 Å². The van der Waals surface area contributed by atoms with Crippen LogP contribution in [0.2, 0.25) is 0 Å². The van der Waals surface area contributed by atoms with E-state index in [1.165, 1.54) is 11.3 Å². The molecule has 1 N–H and O–H groups in total. The maximum atomic E-state index is 5.84. The molecule has 0 unspecified atom stereocenters. The standard InChI is InChI=1S/C21H23N3O3S/c1-3-26-12-13-27-20-17(10-7-11-19(20)25-2)14-22-24-21-23-18(15-28-21)16-8-5-4-6-9-16/h4-11,14-15H,3,12-13H2,1-2H3,(H,23,24). The van der Waals surface area contributed by atoms with Crippen LogP contribution in [0.1, 0.15) is 12.5 Å². The van der Waals surface area contributed by atoms with E-state index in [0.29, 0.717) is 31.3 Å². The summed E-state index contributed by atoms with van der Waals surface area (Å²) in [6.07, 6.45) is 1.70. The lowest BCUT2D eigenvalue weighted by atomic mass is 10.2. The van der Waals surface area contributed by atoms with E-state index in [2.05, 4.69) is 15.5 Å². The third-order valence-electron chi connectivity index (χ3n) is 3.85. The number of aromatic nitrogens is 1. The van der Waals surface area contributed by atoms with Crippen molar-refractivity contribution in [3.05, 3.63) is 59.5 Å². The van der Waals surface area contributed by atoms with Crippen molar-refractivity contribution in [3.8, 4) is 22.8 Å². The average molecular weight is 398 g/mol. The molecule has 1 heterocycles. The number of hydrogen-bond acceptors (Lipinski definition) is 7. The molecular formula is C21H23N3O3S. The van der Waals surface area contributed by atoms with Gasteiger partial charge in [0.2, 0.25) is 5.13 Å². The van der Waals surface area contributed by atoms with Crippen molar-refractivity contribution >= 4 is 22.7 Å². The zero-order valence-electron chi connectivity index (χ0n) is 15.9. The minimum atomic E-state index is 0.440. The molecule has 3 aromatic rings. The molecular weight excluding hydrogens is 374 g/mol. The molecule has 7 heteroatoms. The van der Waals surface area contributed by atoms with Crippen molar-refractivity contribution in [2.24, 2.45) is 5.10 Å². The summed E-state index contributed by atoms with van der Waals surface area (Å²) >= 11 is 1.50. The number of nitrogens with one attached hydrogen (secondary N) is 1. The summed E-state index contributed by atoms with van der Waals surface area (Å²) in [5.74, 6) is 1.29. The zero-order chi connectivity index (χ0) is 19.6. The van der Waals surface area contributed by atoms with Crippen LogP contribution in [0.25, 0.3) is 11.3 Å². The third kappa shape index (κ3) is 5.31. The Hall–Kier alpha value is -2.90. The number of rotatable bonds is 10. The van der Waals surface area contributed by atoms with E-state index in [9.17, 15) is 0 Å². The molecule has 0 atom stereocenters. The Morgan fingerprint density at radius 3 is 2.75 bits per heavy atom. The molecule has 2 aromatic carbocycles. The maximum absolute atomic E-state index is 5.84. The van der Waals surface area contributed by atoms with Crippen LogP contribution in [-0.2, 0) is 4.74 Å². The second kappa shape index (κ2) is 10.4. The second-order valence-corrected chi connectivity index (χ2v) is 6.56. The number of ether oxygens (including phenoxy) is 3. The molecule has 0 aliphatic carbocycles. The van der Waals surface area contributed by atoms with Gasteiger partial charge in [0.15, 0.2) is 11.5 Å². The molecule has 0 fully saturated rings. The second-order valence-electron chi connectivity index (χ2n) is 5.70. The average Bonchev–Trinajstić information content (AvgIpc) is 3.21. The topological polar surface area (TPSA) is 65.0 Å². The first-order chi connectivity index (χ1) is 13.8. The Balaban J connectivity index is 1.67. The number of benzene rings is 2. The molecule has 0 amide bonds. The largest absolute Gasteiger partial charge is 0.493 e. The van der Waals surface area contributed by atoms with E-state index in [4.69, 9.17) is 14.2 Å². The number of anilines is 1. The zero-order valence-corrected chi connectivity index (χ0v) is 16.7. The van der Waals surface area contributed by atoms with Crippen LogP contribution in [0.15, 0.2) is 59.0 Å². The van der Waals surface area contributed by atoms with Crippen molar-refractivity contribution in [2.75, 3.05) is 32.4 Å². The lowest BCUT2D eigenvalue weighted by molar-refractivity contribution is 0.109. The van der Waals surface area contributed by atoms with Crippen LogP contribution >= 0.6 is 11.3 Å². The summed E-state index contributed by atoms with van der Waals surface area (Å²) in [7, 11) is 1.62. The molecule has 6 nitrogen and oxygen atoms in total. The van der Waals surface area contributed by atoms with Crippen molar-refractivity contribution in [1.29, 1.82) is 0 Å². The molecule has 0 saturated heterocycles. The smallest absolute Gasteiger partial charge is 0.203 e. The van der Waals surface area contributed by atoms with E-state index in [0.717, 1.165) is 22.0 Å². The predicted molar refractivity (Wildman–Crippen MR) is 114 cm³/mol. The summed E-state index contributed by atoms with van der Waals surface area (Å²) in [6, 6.07) is 15.7. The number of hydrogen-bond donors (Lipinski definition) is 1. The fourth-order valence-electron chi connectivity index (χ4n) is 2.52.